The Morgan fingerprint density at radius 3 is 2.38 bits per heavy atom. The normalized spacial score (nSPS) is 11.1. The smallest absolute Gasteiger partial charge is 0.416 e. The maximum atomic E-state index is 12.5. The number of halogens is 3. The van der Waals surface area contributed by atoms with Gasteiger partial charge in [0, 0.05) is 10.6 Å². The second kappa shape index (κ2) is 8.89. The summed E-state index contributed by atoms with van der Waals surface area (Å²) in [5.74, 6) is 1.88. The number of benzene rings is 2. The van der Waals surface area contributed by atoms with Crippen molar-refractivity contribution in [3.63, 3.8) is 0 Å². The summed E-state index contributed by atoms with van der Waals surface area (Å²) in [4.78, 5) is 0.929. The lowest BCUT2D eigenvalue weighted by Crippen LogP contribution is -2.05. The summed E-state index contributed by atoms with van der Waals surface area (Å²) < 4.78 is 52.9. The molecule has 0 unspecified atom stereocenters. The predicted molar refractivity (Wildman–Crippen MR) is 94.7 cm³/mol. The maximum absolute atomic E-state index is 12.5. The van der Waals surface area contributed by atoms with Crippen molar-refractivity contribution in [2.75, 3.05) is 19.5 Å². The number of alkyl halides is 3. The summed E-state index contributed by atoms with van der Waals surface area (Å²) in [6.45, 7) is 4.12. The van der Waals surface area contributed by atoms with Gasteiger partial charge in [0.1, 0.15) is 12.4 Å². The third-order valence-electron chi connectivity index (χ3n) is 3.33. The predicted octanol–water partition coefficient (Wildman–Crippen LogP) is 5.49. The molecule has 0 aromatic heterocycles. The van der Waals surface area contributed by atoms with Gasteiger partial charge < -0.3 is 14.2 Å². The highest BCUT2D eigenvalue weighted by atomic mass is 32.2. The molecule has 138 valence electrons. The van der Waals surface area contributed by atoms with Crippen molar-refractivity contribution in [3.8, 4) is 17.2 Å². The lowest BCUT2D eigenvalue weighted by atomic mass is 10.2. The van der Waals surface area contributed by atoms with E-state index in [-0.39, 0.29) is 6.61 Å². The van der Waals surface area contributed by atoms with Gasteiger partial charge in [0.2, 0.25) is 0 Å². The lowest BCUT2D eigenvalue weighted by molar-refractivity contribution is -0.137. The van der Waals surface area contributed by atoms with Crippen molar-refractivity contribution in [1.82, 2.24) is 0 Å². The average molecular weight is 382 g/mol. The molecule has 0 heterocycles. The number of methoxy groups -OCH3 is 1. The highest BCUT2D eigenvalue weighted by Gasteiger charge is 2.30. The first-order valence-corrected chi connectivity index (χ1v) is 8.46. The summed E-state index contributed by atoms with van der Waals surface area (Å²) in [5, 5.41) is 0. The molecular formula is C19H17F3O3S. The van der Waals surface area contributed by atoms with Crippen LogP contribution in [0.5, 0.6) is 17.2 Å². The zero-order valence-electron chi connectivity index (χ0n) is 14.0. The summed E-state index contributed by atoms with van der Waals surface area (Å²) in [7, 11) is 6.66. The molecule has 7 heteroatoms. The molecule has 2 aromatic rings. The van der Waals surface area contributed by atoms with E-state index in [1.807, 2.05) is 6.07 Å². The Kier molecular flexibility index (Phi) is 6.85. The van der Waals surface area contributed by atoms with E-state index in [9.17, 15) is 13.2 Å². The van der Waals surface area contributed by atoms with Crippen LogP contribution in [0.4, 0.5) is 13.2 Å². The number of thioether (sulfide) groups is 1. The molecule has 0 bridgehead atoms. The third-order valence-corrected chi connectivity index (χ3v) is 4.47. The summed E-state index contributed by atoms with van der Waals surface area (Å²) in [6, 6.07) is 9.87. The molecule has 0 aliphatic heterocycles. The maximum Gasteiger partial charge on any atom is 0.416 e. The minimum Gasteiger partial charge on any atom is -0.493 e. The van der Waals surface area contributed by atoms with Gasteiger partial charge in [-0.1, -0.05) is 6.58 Å². The monoisotopic (exact) mass is 382 g/mol. The number of ether oxygens (including phenoxy) is 3. The van der Waals surface area contributed by atoms with Crippen LogP contribution in [0.3, 0.4) is 0 Å². The molecule has 0 N–H and O–H groups in total. The van der Waals surface area contributed by atoms with Crippen LogP contribution in [-0.2, 0) is 6.18 Å². The average Bonchev–Trinajstić information content (AvgIpc) is 2.64. The summed E-state index contributed by atoms with van der Waals surface area (Å²) in [6.07, 6.45) is -4.36. The fourth-order valence-corrected chi connectivity index (χ4v) is 2.80. The van der Waals surface area contributed by atoms with Crippen molar-refractivity contribution in [1.29, 1.82) is 0 Å². The van der Waals surface area contributed by atoms with Crippen LogP contribution in [0.25, 0.3) is 0 Å². The van der Waals surface area contributed by atoms with Gasteiger partial charge >= 0.3 is 6.18 Å². The van der Waals surface area contributed by atoms with Gasteiger partial charge in [-0.3, -0.25) is 0 Å². The minimum atomic E-state index is -4.36. The van der Waals surface area contributed by atoms with Gasteiger partial charge in [0.15, 0.2) is 18.6 Å². The first-order chi connectivity index (χ1) is 12.3. The van der Waals surface area contributed by atoms with Gasteiger partial charge in [-0.25, -0.2) is 0 Å². The Morgan fingerprint density at radius 2 is 1.81 bits per heavy atom. The Bertz CT molecular complexity index is 743. The molecule has 0 saturated heterocycles. The molecule has 0 aliphatic rings. The molecule has 2 rings (SSSR count). The van der Waals surface area contributed by atoms with Crippen molar-refractivity contribution in [2.45, 2.75) is 11.1 Å². The number of hydrogen-bond acceptors (Lipinski definition) is 4. The molecule has 2 aromatic carbocycles. The van der Waals surface area contributed by atoms with Crippen LogP contribution in [0.1, 0.15) is 5.56 Å². The zero-order chi connectivity index (χ0) is 19.2. The standard InChI is InChI=1S/C19H17F3O3S/c1-13(11-25-15-6-4-14(5-7-15)19(20,21)22)12-26-16-8-9-17(23-2)18(10-16)24-3/h2,4-10H,1,11-12H2,3H3. The van der Waals surface area contributed by atoms with Crippen LogP contribution in [0, 0.1) is 7.11 Å². The van der Waals surface area contributed by atoms with Crippen LogP contribution in [0.2, 0.25) is 0 Å². The van der Waals surface area contributed by atoms with Gasteiger partial charge in [-0.05, 0) is 48.0 Å². The van der Waals surface area contributed by atoms with Crippen LogP contribution in [0.15, 0.2) is 59.5 Å². The highest BCUT2D eigenvalue weighted by molar-refractivity contribution is 7.99. The second-order valence-electron chi connectivity index (χ2n) is 5.28. The van der Waals surface area contributed by atoms with Crippen LogP contribution in [-0.4, -0.2) is 19.5 Å². The molecule has 2 radical (unpaired) electrons. The van der Waals surface area contributed by atoms with Crippen LogP contribution < -0.4 is 14.2 Å². The molecule has 26 heavy (non-hydrogen) atoms. The minimum absolute atomic E-state index is 0.208. The topological polar surface area (TPSA) is 27.7 Å². The van der Waals surface area contributed by atoms with E-state index in [4.69, 9.17) is 21.3 Å². The molecule has 0 atom stereocenters. The molecule has 0 spiro atoms. The summed E-state index contributed by atoms with van der Waals surface area (Å²) >= 11 is 1.51. The first-order valence-electron chi connectivity index (χ1n) is 7.47. The van der Waals surface area contributed by atoms with Crippen molar-refractivity contribution in [2.24, 2.45) is 0 Å². The van der Waals surface area contributed by atoms with E-state index < -0.39 is 11.7 Å². The fourth-order valence-electron chi connectivity index (χ4n) is 1.99. The molecule has 0 amide bonds. The number of hydrogen-bond donors (Lipinski definition) is 0. The van der Waals surface area contributed by atoms with Gasteiger partial charge in [0.05, 0.1) is 12.7 Å². The Balaban J connectivity index is 1.84. The largest absolute Gasteiger partial charge is 0.493 e. The molecule has 0 aliphatic carbocycles. The van der Waals surface area contributed by atoms with Gasteiger partial charge in [0.25, 0.3) is 0 Å². The second-order valence-corrected chi connectivity index (χ2v) is 6.33. The Morgan fingerprint density at radius 1 is 1.12 bits per heavy atom. The molecule has 0 fully saturated rings. The molecule has 0 saturated carbocycles. The van der Waals surface area contributed by atoms with Gasteiger partial charge in [-0.2, -0.15) is 13.2 Å². The lowest BCUT2D eigenvalue weighted by Gasteiger charge is -2.11. The number of rotatable bonds is 8. The fraction of sp³-hybridized carbons (Fsp3) is 0.211. The Labute approximate surface area is 154 Å². The molecular weight excluding hydrogens is 365 g/mol. The van der Waals surface area contributed by atoms with E-state index in [1.165, 1.54) is 31.0 Å². The van der Waals surface area contributed by atoms with Crippen molar-refractivity contribution < 1.29 is 27.4 Å². The Hall–Kier alpha value is -2.28. The van der Waals surface area contributed by atoms with Crippen molar-refractivity contribution >= 4 is 11.8 Å². The van der Waals surface area contributed by atoms with E-state index in [1.54, 1.807) is 12.1 Å². The quantitative estimate of drug-likeness (QED) is 0.446. The zero-order valence-corrected chi connectivity index (χ0v) is 14.8. The summed E-state index contributed by atoms with van der Waals surface area (Å²) in [5.41, 5.74) is 0.0751. The van der Waals surface area contributed by atoms with Gasteiger partial charge in [-0.15, -0.1) is 11.8 Å². The first kappa shape index (κ1) is 20.0. The van der Waals surface area contributed by atoms with E-state index >= 15 is 0 Å². The SMILES string of the molecule is [CH]Oc1ccc(SCC(=C)COc2ccc(C(F)(F)F)cc2)cc1OC. The van der Waals surface area contributed by atoms with E-state index in [0.29, 0.717) is 23.0 Å². The van der Waals surface area contributed by atoms with E-state index in [0.717, 1.165) is 22.6 Å². The highest BCUT2D eigenvalue weighted by Crippen LogP contribution is 2.33. The van der Waals surface area contributed by atoms with Crippen molar-refractivity contribution in [3.05, 3.63) is 67.3 Å². The molecule has 3 nitrogen and oxygen atoms in total. The van der Waals surface area contributed by atoms with E-state index in [2.05, 4.69) is 6.58 Å². The van der Waals surface area contributed by atoms with Crippen LogP contribution >= 0.6 is 11.8 Å². The third kappa shape index (κ3) is 5.62.